The van der Waals surface area contributed by atoms with Crippen LogP contribution in [-0.2, 0) is 6.42 Å². The van der Waals surface area contributed by atoms with Crippen LogP contribution in [-0.4, -0.2) is 55.1 Å². The van der Waals surface area contributed by atoms with Gasteiger partial charge in [0.05, 0.1) is 12.1 Å². The van der Waals surface area contributed by atoms with Gasteiger partial charge in [-0.1, -0.05) is 42.4 Å². The van der Waals surface area contributed by atoms with E-state index in [1.165, 1.54) is 16.4 Å². The Morgan fingerprint density at radius 1 is 1.38 bits per heavy atom. The second-order valence-electron chi connectivity index (χ2n) is 6.72. The van der Waals surface area contributed by atoms with Crippen molar-refractivity contribution in [3.8, 4) is 0 Å². The highest BCUT2D eigenvalue weighted by Crippen LogP contribution is 2.42. The molecule has 6 nitrogen and oxygen atoms in total. The van der Waals surface area contributed by atoms with Gasteiger partial charge >= 0.3 is 0 Å². The summed E-state index contributed by atoms with van der Waals surface area (Å²) < 4.78 is 1.45. The SMILES string of the molecule is CCc1nc2n(n1)C(=O)C(C(c1cccc(Cl)c1)N1CCC(O)CC1)S2. The summed E-state index contributed by atoms with van der Waals surface area (Å²) in [6.45, 7) is 3.47. The van der Waals surface area contributed by atoms with E-state index in [1.807, 2.05) is 31.2 Å². The summed E-state index contributed by atoms with van der Waals surface area (Å²) in [5.74, 6) is 0.660. The second-order valence-corrected chi connectivity index (χ2v) is 8.26. The van der Waals surface area contributed by atoms with E-state index in [1.54, 1.807) is 0 Å². The monoisotopic (exact) mass is 392 g/mol. The molecule has 0 bridgehead atoms. The molecule has 2 unspecified atom stereocenters. The Kier molecular flexibility index (Phi) is 5.05. The van der Waals surface area contributed by atoms with Gasteiger partial charge in [0.25, 0.3) is 5.91 Å². The van der Waals surface area contributed by atoms with Gasteiger partial charge in [-0.05, 0) is 30.5 Å². The van der Waals surface area contributed by atoms with Crippen LogP contribution in [0.3, 0.4) is 0 Å². The number of nitrogens with zero attached hydrogens (tertiary/aromatic N) is 4. The molecule has 2 aliphatic heterocycles. The number of rotatable bonds is 4. The number of aryl methyl sites for hydroxylation is 1. The summed E-state index contributed by atoms with van der Waals surface area (Å²) in [4.78, 5) is 19.8. The summed E-state index contributed by atoms with van der Waals surface area (Å²) in [6.07, 6.45) is 1.87. The molecule has 0 spiro atoms. The van der Waals surface area contributed by atoms with Crippen molar-refractivity contribution < 1.29 is 9.90 Å². The van der Waals surface area contributed by atoms with Crippen molar-refractivity contribution in [2.45, 2.75) is 48.7 Å². The number of piperidine rings is 1. The van der Waals surface area contributed by atoms with E-state index in [0.29, 0.717) is 35.3 Å². The van der Waals surface area contributed by atoms with Gasteiger partial charge in [0.2, 0.25) is 0 Å². The van der Waals surface area contributed by atoms with Crippen LogP contribution in [0.15, 0.2) is 29.4 Å². The van der Waals surface area contributed by atoms with E-state index >= 15 is 0 Å². The number of likely N-dealkylation sites (tertiary alicyclic amines) is 1. The number of hydrogen-bond acceptors (Lipinski definition) is 6. The van der Waals surface area contributed by atoms with Crippen molar-refractivity contribution >= 4 is 29.3 Å². The molecule has 0 amide bonds. The predicted molar refractivity (Wildman–Crippen MR) is 101 cm³/mol. The summed E-state index contributed by atoms with van der Waals surface area (Å²) in [7, 11) is 0. The van der Waals surface area contributed by atoms with Crippen LogP contribution in [0.2, 0.25) is 5.02 Å². The Hall–Kier alpha value is -1.41. The third kappa shape index (κ3) is 3.29. The summed E-state index contributed by atoms with van der Waals surface area (Å²) in [5, 5.41) is 15.2. The van der Waals surface area contributed by atoms with Crippen LogP contribution in [0.25, 0.3) is 0 Å². The van der Waals surface area contributed by atoms with E-state index in [-0.39, 0.29) is 23.3 Å². The standard InChI is InChI=1S/C18H21ClN4O2S/c1-2-14-20-18-23(21-14)17(25)16(26-18)15(11-4-3-5-12(19)10-11)22-8-6-13(24)7-9-22/h3-5,10,13,15-16,24H,2,6-9H2,1H3. The number of hydrogen-bond donors (Lipinski definition) is 1. The zero-order chi connectivity index (χ0) is 18.3. The van der Waals surface area contributed by atoms with Crippen molar-refractivity contribution in [1.29, 1.82) is 0 Å². The molecule has 3 heterocycles. The maximum Gasteiger partial charge on any atom is 0.264 e. The molecule has 1 fully saturated rings. The van der Waals surface area contributed by atoms with Gasteiger partial charge in [0.15, 0.2) is 11.0 Å². The Bertz CT molecular complexity index is 819. The zero-order valence-corrected chi connectivity index (χ0v) is 16.1. The predicted octanol–water partition coefficient (Wildman–Crippen LogP) is 2.81. The molecule has 1 aromatic carbocycles. The minimum atomic E-state index is -0.315. The summed E-state index contributed by atoms with van der Waals surface area (Å²) in [6, 6.07) is 7.58. The number of carbonyl (C=O) groups excluding carboxylic acids is 1. The zero-order valence-electron chi connectivity index (χ0n) is 14.5. The maximum atomic E-state index is 13.1. The fourth-order valence-electron chi connectivity index (χ4n) is 3.62. The average Bonchev–Trinajstić information content (AvgIpc) is 3.17. The average molecular weight is 393 g/mol. The number of benzene rings is 1. The van der Waals surface area contributed by atoms with E-state index in [2.05, 4.69) is 15.0 Å². The number of aliphatic hydroxyl groups is 1. The molecular weight excluding hydrogens is 372 g/mol. The molecule has 2 atom stereocenters. The molecule has 2 aliphatic rings. The second kappa shape index (κ2) is 7.31. The molecule has 26 heavy (non-hydrogen) atoms. The maximum absolute atomic E-state index is 13.1. The third-order valence-corrected chi connectivity index (χ3v) is 6.42. The number of aromatic nitrogens is 3. The Balaban J connectivity index is 1.67. The molecule has 8 heteroatoms. The van der Waals surface area contributed by atoms with Gasteiger partial charge in [-0.2, -0.15) is 4.68 Å². The first-order valence-corrected chi connectivity index (χ1v) is 10.2. The highest BCUT2D eigenvalue weighted by Gasteiger charge is 2.43. The molecular formula is C18H21ClN4O2S. The number of thioether (sulfide) groups is 1. The minimum absolute atomic E-state index is 0.0340. The quantitative estimate of drug-likeness (QED) is 0.862. The van der Waals surface area contributed by atoms with Gasteiger partial charge < -0.3 is 5.11 Å². The van der Waals surface area contributed by atoms with E-state index in [0.717, 1.165) is 18.7 Å². The molecule has 2 aromatic rings. The Morgan fingerprint density at radius 2 is 2.15 bits per heavy atom. The fraction of sp³-hybridized carbons (Fsp3) is 0.500. The van der Waals surface area contributed by atoms with E-state index < -0.39 is 0 Å². The smallest absolute Gasteiger partial charge is 0.264 e. The summed E-state index contributed by atoms with van der Waals surface area (Å²) >= 11 is 7.70. The lowest BCUT2D eigenvalue weighted by Crippen LogP contribution is -2.44. The largest absolute Gasteiger partial charge is 0.393 e. The molecule has 0 radical (unpaired) electrons. The van der Waals surface area contributed by atoms with Gasteiger partial charge in [0.1, 0.15) is 5.25 Å². The van der Waals surface area contributed by atoms with Crippen molar-refractivity contribution in [2.75, 3.05) is 13.1 Å². The van der Waals surface area contributed by atoms with Crippen molar-refractivity contribution in [3.05, 3.63) is 40.7 Å². The van der Waals surface area contributed by atoms with Gasteiger partial charge in [-0.25, -0.2) is 4.98 Å². The normalized spacial score (nSPS) is 22.6. The van der Waals surface area contributed by atoms with E-state index in [4.69, 9.17) is 11.6 Å². The Labute approximate surface area is 161 Å². The summed E-state index contributed by atoms with van der Waals surface area (Å²) in [5.41, 5.74) is 1.02. The van der Waals surface area contributed by atoms with Crippen LogP contribution in [0.4, 0.5) is 0 Å². The minimum Gasteiger partial charge on any atom is -0.393 e. The molecule has 1 saturated heterocycles. The molecule has 0 saturated carbocycles. The van der Waals surface area contributed by atoms with Crippen molar-refractivity contribution in [3.63, 3.8) is 0 Å². The molecule has 1 N–H and O–H groups in total. The molecule has 1 aromatic heterocycles. The van der Waals surface area contributed by atoms with Crippen LogP contribution in [0, 0.1) is 0 Å². The lowest BCUT2D eigenvalue weighted by Gasteiger charge is -2.38. The van der Waals surface area contributed by atoms with Crippen LogP contribution in [0.1, 0.15) is 42.0 Å². The van der Waals surface area contributed by atoms with Crippen LogP contribution >= 0.6 is 23.4 Å². The molecule has 0 aliphatic carbocycles. The lowest BCUT2D eigenvalue weighted by atomic mass is 9.97. The fourth-order valence-corrected chi connectivity index (χ4v) is 5.10. The number of fused-ring (bicyclic) bond motifs is 1. The first-order valence-electron chi connectivity index (χ1n) is 8.91. The Morgan fingerprint density at radius 3 is 2.81 bits per heavy atom. The van der Waals surface area contributed by atoms with Gasteiger partial charge in [-0.3, -0.25) is 9.69 Å². The van der Waals surface area contributed by atoms with Crippen LogP contribution in [0.5, 0.6) is 0 Å². The topological polar surface area (TPSA) is 71.2 Å². The van der Waals surface area contributed by atoms with Crippen molar-refractivity contribution in [2.24, 2.45) is 0 Å². The van der Waals surface area contributed by atoms with E-state index in [9.17, 15) is 9.90 Å². The number of carbonyl (C=O) groups is 1. The lowest BCUT2D eigenvalue weighted by molar-refractivity contribution is 0.0551. The molecule has 138 valence electrons. The van der Waals surface area contributed by atoms with Gasteiger partial charge in [0, 0.05) is 24.5 Å². The highest BCUT2D eigenvalue weighted by molar-refractivity contribution is 8.00. The third-order valence-electron chi connectivity index (χ3n) is 4.99. The van der Waals surface area contributed by atoms with Crippen molar-refractivity contribution in [1.82, 2.24) is 19.7 Å². The van der Waals surface area contributed by atoms with Gasteiger partial charge in [-0.15, -0.1) is 5.10 Å². The number of aliphatic hydroxyl groups excluding tert-OH is 1. The molecule has 4 rings (SSSR count). The highest BCUT2D eigenvalue weighted by atomic mass is 35.5. The number of halogens is 1. The van der Waals surface area contributed by atoms with Crippen LogP contribution < -0.4 is 0 Å². The first-order chi connectivity index (χ1) is 12.6. The first kappa shape index (κ1) is 18.0.